The molecular weight excluding hydrogens is 891 g/mol. The van der Waals surface area contributed by atoms with E-state index < -0.39 is 5.41 Å². The molecule has 14 rings (SSSR count). The van der Waals surface area contributed by atoms with Gasteiger partial charge in [-0.2, -0.15) is 0 Å². The van der Waals surface area contributed by atoms with E-state index >= 15 is 0 Å². The lowest BCUT2D eigenvalue weighted by Gasteiger charge is -2.34. The van der Waals surface area contributed by atoms with Crippen molar-refractivity contribution in [3.8, 4) is 55.6 Å². The largest absolute Gasteiger partial charge is 0.309 e. The number of rotatable bonds is 9. The van der Waals surface area contributed by atoms with Gasteiger partial charge in [-0.15, -0.1) is 0 Å². The fraction of sp³-hybridized carbons (Fsp3) is 0.0137. The first-order valence-electron chi connectivity index (χ1n) is 25.7. The monoisotopic (exact) mass is 939 g/mol. The lowest BCUT2D eigenvalue weighted by atomic mass is 9.68. The normalized spacial score (nSPS) is 12.4. The first kappa shape index (κ1) is 43.2. The molecule has 0 atom stereocenters. The highest BCUT2D eigenvalue weighted by Gasteiger charge is 2.46. The van der Waals surface area contributed by atoms with Crippen molar-refractivity contribution in [3.63, 3.8) is 0 Å². The van der Waals surface area contributed by atoms with Crippen LogP contribution in [0, 0.1) is 0 Å². The van der Waals surface area contributed by atoms with Gasteiger partial charge < -0.3 is 4.90 Å². The lowest BCUT2D eigenvalue weighted by Crippen LogP contribution is -2.28. The second kappa shape index (κ2) is 17.9. The first-order chi connectivity index (χ1) is 36.7. The number of hydrogen-bond donors (Lipinski definition) is 0. The predicted octanol–water partition coefficient (Wildman–Crippen LogP) is 19.6. The van der Waals surface area contributed by atoms with Crippen molar-refractivity contribution < 1.29 is 0 Å². The fourth-order valence-corrected chi connectivity index (χ4v) is 12.2. The van der Waals surface area contributed by atoms with Crippen LogP contribution in [0.3, 0.4) is 0 Å². The molecule has 1 aliphatic rings. The van der Waals surface area contributed by atoms with Gasteiger partial charge in [0.2, 0.25) is 0 Å². The summed E-state index contributed by atoms with van der Waals surface area (Å²) in [6.07, 6.45) is 0. The standard InChI is InChI=1S/C73H49N/c1-5-21-50(22-6-1)55-41-45-61(52-24-7-2-8-25-52)67(48-55)53-39-42-59(43-40-53)74(72-66-35-18-16-32-63(66)62-31-15-17-34-65(62)71(72)56-38-37-51-23-13-14-26-54(51)47-56)60-44-46-70-68(49-60)64-33-19-20-36-69(64)73(70,57-27-9-3-10-28-57)58-29-11-4-12-30-58/h1-49H. The van der Waals surface area contributed by atoms with Crippen molar-refractivity contribution in [2.45, 2.75) is 5.41 Å². The van der Waals surface area contributed by atoms with E-state index in [-0.39, 0.29) is 0 Å². The second-order valence-corrected chi connectivity index (χ2v) is 19.5. The van der Waals surface area contributed by atoms with Crippen molar-refractivity contribution >= 4 is 49.4 Å². The molecule has 0 spiro atoms. The van der Waals surface area contributed by atoms with Crippen molar-refractivity contribution in [2.24, 2.45) is 0 Å². The van der Waals surface area contributed by atoms with Crippen molar-refractivity contribution in [1.29, 1.82) is 0 Å². The fourth-order valence-electron chi connectivity index (χ4n) is 12.2. The third-order valence-electron chi connectivity index (χ3n) is 15.5. The molecule has 0 fully saturated rings. The summed E-state index contributed by atoms with van der Waals surface area (Å²) in [7, 11) is 0. The van der Waals surface area contributed by atoms with E-state index in [9.17, 15) is 0 Å². The van der Waals surface area contributed by atoms with Crippen LogP contribution in [-0.4, -0.2) is 0 Å². The Balaban J connectivity index is 1.05. The van der Waals surface area contributed by atoms with Crippen LogP contribution in [0.1, 0.15) is 22.3 Å². The van der Waals surface area contributed by atoms with Crippen molar-refractivity contribution in [2.75, 3.05) is 4.90 Å². The van der Waals surface area contributed by atoms with Crippen LogP contribution in [0.5, 0.6) is 0 Å². The van der Waals surface area contributed by atoms with Crippen molar-refractivity contribution in [1.82, 2.24) is 0 Å². The molecule has 0 saturated heterocycles. The minimum Gasteiger partial charge on any atom is -0.309 e. The molecule has 0 saturated carbocycles. The number of hydrogen-bond acceptors (Lipinski definition) is 1. The molecule has 74 heavy (non-hydrogen) atoms. The average Bonchev–Trinajstić information content (AvgIpc) is 3.79. The molecule has 1 heteroatoms. The highest BCUT2D eigenvalue weighted by atomic mass is 15.1. The zero-order chi connectivity index (χ0) is 49.0. The number of benzene rings is 13. The summed E-state index contributed by atoms with van der Waals surface area (Å²) >= 11 is 0. The summed E-state index contributed by atoms with van der Waals surface area (Å²) in [6, 6.07) is 110. The first-order valence-corrected chi connectivity index (χ1v) is 25.7. The van der Waals surface area contributed by atoms with Crippen LogP contribution in [0.25, 0.3) is 88.0 Å². The summed E-state index contributed by atoms with van der Waals surface area (Å²) in [5, 5.41) is 7.28. The van der Waals surface area contributed by atoms with Crippen LogP contribution in [0.15, 0.2) is 297 Å². The molecule has 0 radical (unpaired) electrons. The van der Waals surface area contributed by atoms with E-state index in [1.165, 1.54) is 105 Å². The van der Waals surface area contributed by atoms with Gasteiger partial charge in [-0.3, -0.25) is 0 Å². The number of nitrogens with zero attached hydrogens (tertiary/aromatic N) is 1. The Morgan fingerprint density at radius 1 is 0.243 bits per heavy atom. The van der Waals surface area contributed by atoms with Gasteiger partial charge in [0.15, 0.2) is 0 Å². The van der Waals surface area contributed by atoms with Crippen LogP contribution >= 0.6 is 0 Å². The molecule has 1 aliphatic carbocycles. The van der Waals surface area contributed by atoms with Gasteiger partial charge >= 0.3 is 0 Å². The molecule has 0 unspecified atom stereocenters. The smallest absolute Gasteiger partial charge is 0.0713 e. The molecule has 13 aromatic carbocycles. The van der Waals surface area contributed by atoms with E-state index in [0.29, 0.717) is 0 Å². The zero-order valence-corrected chi connectivity index (χ0v) is 40.7. The van der Waals surface area contributed by atoms with Gasteiger partial charge in [0.1, 0.15) is 0 Å². The highest BCUT2D eigenvalue weighted by molar-refractivity contribution is 6.23. The molecule has 0 aliphatic heterocycles. The van der Waals surface area contributed by atoms with Gasteiger partial charge in [0.05, 0.1) is 11.1 Å². The highest BCUT2D eigenvalue weighted by Crippen LogP contribution is 2.58. The van der Waals surface area contributed by atoms with Crippen LogP contribution in [0.4, 0.5) is 17.1 Å². The Labute approximate surface area is 432 Å². The van der Waals surface area contributed by atoms with Gasteiger partial charge in [-0.1, -0.05) is 261 Å². The molecule has 0 aromatic heterocycles. The summed E-state index contributed by atoms with van der Waals surface area (Å²) in [4.78, 5) is 2.55. The summed E-state index contributed by atoms with van der Waals surface area (Å²) in [5.74, 6) is 0. The minimum absolute atomic E-state index is 0.518. The van der Waals surface area contributed by atoms with E-state index in [4.69, 9.17) is 0 Å². The molecule has 0 bridgehead atoms. The lowest BCUT2D eigenvalue weighted by molar-refractivity contribution is 0.768. The second-order valence-electron chi connectivity index (χ2n) is 19.5. The quantitative estimate of drug-likeness (QED) is 0.130. The third-order valence-corrected chi connectivity index (χ3v) is 15.5. The molecule has 0 amide bonds. The maximum Gasteiger partial charge on any atom is 0.0713 e. The van der Waals surface area contributed by atoms with Gasteiger partial charge in [-0.05, 0) is 136 Å². The van der Waals surface area contributed by atoms with Crippen molar-refractivity contribution in [3.05, 3.63) is 320 Å². The van der Waals surface area contributed by atoms with E-state index in [1.807, 2.05) is 0 Å². The molecule has 0 heterocycles. The van der Waals surface area contributed by atoms with Gasteiger partial charge in [0.25, 0.3) is 0 Å². The van der Waals surface area contributed by atoms with Gasteiger partial charge in [-0.25, -0.2) is 0 Å². The molecule has 1 nitrogen and oxygen atoms in total. The Hall–Kier alpha value is -9.56. The Kier molecular flexibility index (Phi) is 10.5. The SMILES string of the molecule is c1ccc(-c2ccc(-c3ccccc3)c(-c3ccc(N(c4ccc5c(c4)-c4ccccc4C5(c4ccccc4)c4ccccc4)c4c(-c5ccc6ccccc6c5)c5ccccc5c5ccccc45)cc3)c2)cc1. The Bertz CT molecular complexity index is 4180. The van der Waals surface area contributed by atoms with Crippen LogP contribution in [0.2, 0.25) is 0 Å². The van der Waals surface area contributed by atoms with E-state index in [2.05, 4.69) is 302 Å². The van der Waals surface area contributed by atoms with Crippen LogP contribution in [-0.2, 0) is 5.41 Å². The summed E-state index contributed by atoms with van der Waals surface area (Å²) in [6.45, 7) is 0. The van der Waals surface area contributed by atoms with E-state index in [0.717, 1.165) is 22.6 Å². The number of anilines is 3. The molecular formula is C73H49N. The van der Waals surface area contributed by atoms with E-state index in [1.54, 1.807) is 0 Å². The molecule has 0 N–H and O–H groups in total. The van der Waals surface area contributed by atoms with Gasteiger partial charge in [0, 0.05) is 22.3 Å². The minimum atomic E-state index is -0.518. The molecule has 13 aromatic rings. The zero-order valence-electron chi connectivity index (χ0n) is 40.7. The van der Waals surface area contributed by atoms with Crippen LogP contribution < -0.4 is 4.90 Å². The summed E-state index contributed by atoms with van der Waals surface area (Å²) in [5.41, 5.74) is 19.8. The molecule has 346 valence electrons. The topological polar surface area (TPSA) is 3.24 Å². The maximum absolute atomic E-state index is 2.55. The maximum atomic E-state index is 2.55. The Morgan fingerprint density at radius 2 is 0.743 bits per heavy atom. The summed E-state index contributed by atoms with van der Waals surface area (Å²) < 4.78 is 0. The Morgan fingerprint density at radius 3 is 1.45 bits per heavy atom. The average molecular weight is 940 g/mol. The third kappa shape index (κ3) is 7.00. The number of fused-ring (bicyclic) bond motifs is 7. The predicted molar refractivity (Wildman–Crippen MR) is 313 cm³/mol.